The molecule has 0 bridgehead atoms. The Hall–Kier alpha value is -3.58. The molecule has 3 aromatic rings. The molecule has 0 unspecified atom stereocenters. The predicted molar refractivity (Wildman–Crippen MR) is 120 cm³/mol. The first-order chi connectivity index (χ1) is 15.3. The molecule has 0 saturated carbocycles. The lowest BCUT2D eigenvalue weighted by Crippen LogP contribution is -2.29. The van der Waals surface area contributed by atoms with Crippen molar-refractivity contribution in [1.82, 2.24) is 5.16 Å². The lowest BCUT2D eigenvalue weighted by atomic mass is 9.95. The van der Waals surface area contributed by atoms with Crippen LogP contribution in [0, 0.1) is 6.92 Å². The van der Waals surface area contributed by atoms with Gasteiger partial charge in [-0.2, -0.15) is 0 Å². The summed E-state index contributed by atoms with van der Waals surface area (Å²) in [5.41, 5.74) is 0.931. The van der Waals surface area contributed by atoms with Crippen LogP contribution in [0.25, 0.3) is 5.76 Å². The molecule has 4 rings (SSSR count). The Morgan fingerprint density at radius 3 is 2.34 bits per heavy atom. The molecule has 1 atom stereocenters. The fraction of sp³-hybridized carbons (Fsp3) is 0.208. The normalized spacial score (nSPS) is 17.9. The van der Waals surface area contributed by atoms with E-state index in [1.54, 1.807) is 61.5 Å². The van der Waals surface area contributed by atoms with E-state index in [9.17, 15) is 14.7 Å². The van der Waals surface area contributed by atoms with Crippen molar-refractivity contribution in [2.45, 2.75) is 32.9 Å². The van der Waals surface area contributed by atoms with E-state index in [0.29, 0.717) is 27.7 Å². The molecule has 1 N–H and O–H groups in total. The van der Waals surface area contributed by atoms with Crippen molar-refractivity contribution in [3.05, 3.63) is 82.1 Å². The summed E-state index contributed by atoms with van der Waals surface area (Å²) in [6, 6.07) is 14.0. The molecule has 164 valence electrons. The zero-order valence-electron chi connectivity index (χ0n) is 17.7. The van der Waals surface area contributed by atoms with Crippen molar-refractivity contribution >= 4 is 34.9 Å². The quantitative estimate of drug-likeness (QED) is 0.331. The molecule has 8 heteroatoms. The van der Waals surface area contributed by atoms with Crippen LogP contribution in [0.2, 0.25) is 5.02 Å². The number of rotatable bonds is 5. The van der Waals surface area contributed by atoms with Gasteiger partial charge in [0.2, 0.25) is 0 Å². The fourth-order valence-electron chi connectivity index (χ4n) is 3.62. The molecular weight excluding hydrogens is 432 g/mol. The highest BCUT2D eigenvalue weighted by molar-refractivity contribution is 6.51. The van der Waals surface area contributed by atoms with Crippen molar-refractivity contribution in [2.75, 3.05) is 4.90 Å². The van der Waals surface area contributed by atoms with Crippen molar-refractivity contribution in [3.8, 4) is 5.75 Å². The number of aliphatic hydroxyl groups excluding tert-OH is 1. The van der Waals surface area contributed by atoms with Gasteiger partial charge in [0.1, 0.15) is 17.3 Å². The molecule has 7 nitrogen and oxygen atoms in total. The van der Waals surface area contributed by atoms with Gasteiger partial charge in [-0.1, -0.05) is 28.9 Å². The van der Waals surface area contributed by atoms with Crippen molar-refractivity contribution in [2.24, 2.45) is 0 Å². The van der Waals surface area contributed by atoms with E-state index in [4.69, 9.17) is 20.9 Å². The van der Waals surface area contributed by atoms with Gasteiger partial charge in [0.25, 0.3) is 5.78 Å². The minimum Gasteiger partial charge on any atom is -0.507 e. The summed E-state index contributed by atoms with van der Waals surface area (Å²) in [5, 5.41) is 15.5. The number of halogens is 1. The first kappa shape index (κ1) is 21.6. The van der Waals surface area contributed by atoms with Gasteiger partial charge in [-0.3, -0.25) is 14.5 Å². The zero-order chi connectivity index (χ0) is 23.0. The van der Waals surface area contributed by atoms with Gasteiger partial charge >= 0.3 is 5.91 Å². The number of Topliss-reactive ketones (excluding diaryl/α,β-unsaturated/α-hetero) is 1. The number of aliphatic hydroxyl groups is 1. The number of ether oxygens (including phenoxy) is 1. The Kier molecular flexibility index (Phi) is 5.76. The van der Waals surface area contributed by atoms with Gasteiger partial charge in [0.15, 0.2) is 5.82 Å². The summed E-state index contributed by atoms with van der Waals surface area (Å²) in [5.74, 6) is -0.613. The number of ketones is 1. The Bertz CT molecular complexity index is 1200. The molecule has 1 amide bonds. The molecule has 0 radical (unpaired) electrons. The molecule has 0 aliphatic carbocycles. The smallest absolute Gasteiger partial charge is 0.301 e. The van der Waals surface area contributed by atoms with E-state index in [1.807, 2.05) is 13.8 Å². The third kappa shape index (κ3) is 3.99. The van der Waals surface area contributed by atoms with Gasteiger partial charge in [0.05, 0.1) is 17.7 Å². The van der Waals surface area contributed by atoms with Crippen LogP contribution in [0.15, 0.2) is 64.7 Å². The largest absolute Gasteiger partial charge is 0.507 e. The Balaban J connectivity index is 1.85. The lowest BCUT2D eigenvalue weighted by Gasteiger charge is -2.23. The number of aryl methyl sites for hydroxylation is 1. The highest BCUT2D eigenvalue weighted by Crippen LogP contribution is 2.42. The molecule has 1 aromatic heterocycles. The number of carbonyl (C=O) groups is 2. The zero-order valence-corrected chi connectivity index (χ0v) is 18.5. The Morgan fingerprint density at radius 2 is 1.78 bits per heavy atom. The van der Waals surface area contributed by atoms with Crippen LogP contribution in [0.4, 0.5) is 5.82 Å². The molecule has 1 fully saturated rings. The number of carbonyl (C=O) groups excluding carboxylic acids is 2. The molecule has 2 heterocycles. The number of aromatic nitrogens is 1. The summed E-state index contributed by atoms with van der Waals surface area (Å²) in [4.78, 5) is 27.3. The second-order valence-electron chi connectivity index (χ2n) is 7.71. The maximum Gasteiger partial charge on any atom is 0.301 e. The summed E-state index contributed by atoms with van der Waals surface area (Å²) >= 11 is 6.03. The van der Waals surface area contributed by atoms with Crippen LogP contribution >= 0.6 is 11.6 Å². The van der Waals surface area contributed by atoms with E-state index in [0.717, 1.165) is 0 Å². The van der Waals surface area contributed by atoms with E-state index in [1.165, 1.54) is 4.90 Å². The van der Waals surface area contributed by atoms with Crippen LogP contribution in [0.3, 0.4) is 0 Å². The van der Waals surface area contributed by atoms with Crippen LogP contribution in [0.1, 0.15) is 36.8 Å². The third-order valence-electron chi connectivity index (χ3n) is 4.99. The topological polar surface area (TPSA) is 92.9 Å². The van der Waals surface area contributed by atoms with Crippen LogP contribution in [-0.4, -0.2) is 28.1 Å². The van der Waals surface area contributed by atoms with Crippen molar-refractivity contribution in [3.63, 3.8) is 0 Å². The van der Waals surface area contributed by atoms with Gasteiger partial charge in [-0.25, -0.2) is 0 Å². The average molecular weight is 453 g/mol. The van der Waals surface area contributed by atoms with E-state index in [-0.39, 0.29) is 23.3 Å². The van der Waals surface area contributed by atoms with Crippen LogP contribution < -0.4 is 9.64 Å². The molecule has 2 aromatic carbocycles. The first-order valence-electron chi connectivity index (χ1n) is 10.0. The maximum absolute atomic E-state index is 13.1. The van der Waals surface area contributed by atoms with Gasteiger partial charge in [-0.15, -0.1) is 0 Å². The minimum atomic E-state index is -0.900. The molecule has 1 aliphatic rings. The molecule has 1 saturated heterocycles. The standard InChI is InChI=1S/C24H21ClN2O5/c1-13(2)31-18-10-6-16(7-11-18)22(28)20-21(15-4-8-17(25)9-5-15)27(24(30)23(20)29)19-12-14(3)32-26-19/h4-13,21,28H,1-3H3/b22-20+/t21-/m0/s1. The van der Waals surface area contributed by atoms with Crippen LogP contribution in [-0.2, 0) is 9.59 Å². The lowest BCUT2D eigenvalue weighted by molar-refractivity contribution is -0.132. The van der Waals surface area contributed by atoms with Crippen molar-refractivity contribution in [1.29, 1.82) is 0 Å². The van der Waals surface area contributed by atoms with Crippen LogP contribution in [0.5, 0.6) is 5.75 Å². The summed E-state index contributed by atoms with van der Waals surface area (Å²) in [7, 11) is 0. The molecular formula is C24H21ClN2O5. The Morgan fingerprint density at radius 1 is 1.12 bits per heavy atom. The average Bonchev–Trinajstić information content (AvgIpc) is 3.29. The van der Waals surface area contributed by atoms with Gasteiger partial charge in [0, 0.05) is 16.7 Å². The number of anilines is 1. The fourth-order valence-corrected chi connectivity index (χ4v) is 3.74. The number of benzene rings is 2. The number of nitrogens with zero attached hydrogens (tertiary/aromatic N) is 2. The van der Waals surface area contributed by atoms with E-state index >= 15 is 0 Å². The monoisotopic (exact) mass is 452 g/mol. The number of amides is 1. The predicted octanol–water partition coefficient (Wildman–Crippen LogP) is 5.05. The second-order valence-corrected chi connectivity index (χ2v) is 8.14. The third-order valence-corrected chi connectivity index (χ3v) is 5.24. The van der Waals surface area contributed by atoms with E-state index < -0.39 is 17.7 Å². The first-order valence-corrected chi connectivity index (χ1v) is 10.4. The molecule has 32 heavy (non-hydrogen) atoms. The highest BCUT2D eigenvalue weighted by Gasteiger charge is 2.48. The number of hydrogen-bond acceptors (Lipinski definition) is 6. The SMILES string of the molecule is Cc1cc(N2C(=O)C(=O)/C(=C(/O)c3ccc(OC(C)C)cc3)[C@@H]2c2ccc(Cl)cc2)no1. The Labute approximate surface area is 189 Å². The summed E-state index contributed by atoms with van der Waals surface area (Å²) in [6.07, 6.45) is -0.00408. The van der Waals surface area contributed by atoms with E-state index in [2.05, 4.69) is 5.16 Å². The van der Waals surface area contributed by atoms with Gasteiger partial charge in [-0.05, 0) is 62.7 Å². The summed E-state index contributed by atoms with van der Waals surface area (Å²) < 4.78 is 10.8. The van der Waals surface area contributed by atoms with Crippen molar-refractivity contribution < 1.29 is 24.0 Å². The summed E-state index contributed by atoms with van der Waals surface area (Å²) in [6.45, 7) is 5.51. The second kappa shape index (κ2) is 8.51. The van der Waals surface area contributed by atoms with Gasteiger partial charge < -0.3 is 14.4 Å². The minimum absolute atomic E-state index is 0.00408. The molecule has 0 spiro atoms. The molecule has 1 aliphatic heterocycles. The highest BCUT2D eigenvalue weighted by atomic mass is 35.5. The number of hydrogen-bond donors (Lipinski definition) is 1. The maximum atomic E-state index is 13.1.